The van der Waals surface area contributed by atoms with Crippen LogP contribution in [0.1, 0.15) is 60.2 Å². The van der Waals surface area contributed by atoms with Crippen LogP contribution in [0, 0.1) is 12.3 Å². The lowest BCUT2D eigenvalue weighted by Crippen LogP contribution is -2.55. The number of hydrogen-bond acceptors (Lipinski definition) is 7. The number of anilines is 2. The van der Waals surface area contributed by atoms with Crippen molar-refractivity contribution in [2.24, 2.45) is 0 Å². The predicted octanol–water partition coefficient (Wildman–Crippen LogP) is 4.03. The van der Waals surface area contributed by atoms with Crippen LogP contribution in [0.15, 0.2) is 24.3 Å². The largest absolute Gasteiger partial charge is 0.480 e. The molecule has 1 aromatic carbocycles. The average molecular weight is 480 g/mol. The van der Waals surface area contributed by atoms with Crippen LogP contribution in [0.25, 0.3) is 0 Å². The van der Waals surface area contributed by atoms with E-state index >= 15 is 0 Å². The van der Waals surface area contributed by atoms with Crippen LogP contribution in [0.4, 0.5) is 11.5 Å². The molecule has 1 fully saturated rings. The fraction of sp³-hybridized carbons (Fsp3) is 0.519. The molecule has 1 atom stereocenters. The number of unbranched alkanes of at least 4 members (excludes halogenated alkanes) is 1. The molecule has 0 bridgehead atoms. The molecule has 3 heterocycles. The normalized spacial score (nSPS) is 16.7. The highest BCUT2D eigenvalue weighted by Gasteiger charge is 2.39. The van der Waals surface area contributed by atoms with Crippen LogP contribution in [0.3, 0.4) is 0 Å². The number of pyridine rings is 1. The van der Waals surface area contributed by atoms with E-state index in [1.54, 1.807) is 14.0 Å². The molecule has 4 N–H and O–H groups in total. The zero-order valence-electron chi connectivity index (χ0n) is 21.0. The van der Waals surface area contributed by atoms with Crippen molar-refractivity contribution in [3.8, 4) is 0 Å². The Morgan fingerprint density at radius 2 is 2.14 bits per heavy atom. The molecule has 0 radical (unpaired) electrons. The third-order valence-corrected chi connectivity index (χ3v) is 6.87. The van der Waals surface area contributed by atoms with Gasteiger partial charge in [0.2, 0.25) is 0 Å². The van der Waals surface area contributed by atoms with E-state index in [9.17, 15) is 9.90 Å². The summed E-state index contributed by atoms with van der Waals surface area (Å²) < 4.78 is 6.03. The van der Waals surface area contributed by atoms with Gasteiger partial charge in [0.25, 0.3) is 0 Å². The van der Waals surface area contributed by atoms with Gasteiger partial charge in [-0.2, -0.15) is 0 Å². The lowest BCUT2D eigenvalue weighted by atomic mass is 9.93. The lowest BCUT2D eigenvalue weighted by molar-refractivity contribution is -0.150. The van der Waals surface area contributed by atoms with Crippen LogP contribution in [0.2, 0.25) is 0 Å². The first-order valence-electron chi connectivity index (χ1n) is 12.6. The first-order valence-corrected chi connectivity index (χ1v) is 12.6. The van der Waals surface area contributed by atoms with Gasteiger partial charge < -0.3 is 25.9 Å². The average Bonchev–Trinajstić information content (AvgIpc) is 2.81. The van der Waals surface area contributed by atoms with Crippen molar-refractivity contribution in [3.05, 3.63) is 52.2 Å². The number of carbonyl (C=O) groups is 1. The number of carboxylic acid groups (broad SMARTS) is 1. The molecule has 1 aromatic heterocycles. The number of fused-ring (bicyclic) bond motifs is 1. The number of aryl methyl sites for hydroxylation is 3. The summed E-state index contributed by atoms with van der Waals surface area (Å²) in [5.41, 5.74) is 5.95. The van der Waals surface area contributed by atoms with Gasteiger partial charge in [-0.15, -0.1) is 0 Å². The van der Waals surface area contributed by atoms with Crippen molar-refractivity contribution in [1.82, 2.24) is 9.88 Å². The van der Waals surface area contributed by atoms with Crippen LogP contribution in [-0.2, 0) is 22.4 Å². The van der Waals surface area contributed by atoms with Crippen LogP contribution >= 0.6 is 0 Å². The summed E-state index contributed by atoms with van der Waals surface area (Å²) in [6.07, 6.45) is 5.23. The van der Waals surface area contributed by atoms with Crippen LogP contribution in [0.5, 0.6) is 0 Å². The minimum absolute atomic E-state index is 0.0507. The minimum atomic E-state index is -0.883. The molecule has 2 aliphatic rings. The van der Waals surface area contributed by atoms with Crippen LogP contribution in [-0.4, -0.2) is 66.1 Å². The maximum absolute atomic E-state index is 12.3. The van der Waals surface area contributed by atoms with Crippen molar-refractivity contribution in [1.29, 1.82) is 5.41 Å². The number of ether oxygens (including phenoxy) is 1. The molecule has 0 aliphatic carbocycles. The molecule has 8 nitrogen and oxygen atoms in total. The van der Waals surface area contributed by atoms with Gasteiger partial charge in [-0.3, -0.25) is 9.69 Å². The SMILES string of the molecule is CNc1c(C(C)=N)cc(C)cc1C(C(=O)O)N1CC(OCCCCc2ccc3c(n2)NCCC3)C1. The van der Waals surface area contributed by atoms with E-state index in [0.29, 0.717) is 36.7 Å². The summed E-state index contributed by atoms with van der Waals surface area (Å²) >= 11 is 0. The Balaban J connectivity index is 1.26. The lowest BCUT2D eigenvalue weighted by Gasteiger charge is -2.43. The standard InChI is InChI=1S/C27H37N5O3/c1-17-13-22(18(2)28)24(29-3)23(14-17)25(27(33)34)32-15-21(16-32)35-12-5-4-8-20-10-9-19-7-6-11-30-26(19)31-20/h9-10,13-14,21,25,28-29H,4-8,11-12,15-16H2,1-3H3,(H,30,31)(H,33,34). The molecule has 8 heteroatoms. The molecule has 4 rings (SSSR count). The number of rotatable bonds is 11. The molecule has 0 saturated carbocycles. The van der Waals surface area contributed by atoms with Crippen LogP contribution < -0.4 is 10.6 Å². The summed E-state index contributed by atoms with van der Waals surface area (Å²) in [5.74, 6) is 0.164. The number of benzene rings is 1. The van der Waals surface area contributed by atoms with Gasteiger partial charge in [0.1, 0.15) is 11.9 Å². The Labute approximate surface area is 207 Å². The Morgan fingerprint density at radius 3 is 2.86 bits per heavy atom. The van der Waals surface area contributed by atoms with Gasteiger partial charge in [-0.25, -0.2) is 4.98 Å². The zero-order chi connectivity index (χ0) is 24.9. The Morgan fingerprint density at radius 1 is 1.34 bits per heavy atom. The molecule has 2 aromatic rings. The summed E-state index contributed by atoms with van der Waals surface area (Å²) in [5, 5.41) is 24.7. The second-order valence-electron chi connectivity index (χ2n) is 9.64. The number of carboxylic acids is 1. The van der Waals surface area contributed by atoms with Crippen molar-refractivity contribution in [2.75, 3.05) is 43.9 Å². The van der Waals surface area contributed by atoms with Gasteiger partial charge in [-0.05, 0) is 69.2 Å². The maximum Gasteiger partial charge on any atom is 0.325 e. The number of aliphatic carboxylic acids is 1. The molecule has 1 unspecified atom stereocenters. The third-order valence-electron chi connectivity index (χ3n) is 6.87. The quantitative estimate of drug-likeness (QED) is 0.284. The second-order valence-corrected chi connectivity index (χ2v) is 9.64. The number of aromatic nitrogens is 1. The van der Waals surface area contributed by atoms with E-state index in [-0.39, 0.29) is 6.10 Å². The van der Waals surface area contributed by atoms with E-state index in [1.807, 2.05) is 24.0 Å². The van der Waals surface area contributed by atoms with Gasteiger partial charge in [0.15, 0.2) is 0 Å². The summed E-state index contributed by atoms with van der Waals surface area (Å²) in [6, 6.07) is 7.41. The first kappa shape index (κ1) is 25.1. The highest BCUT2D eigenvalue weighted by molar-refractivity contribution is 6.02. The van der Waals surface area contributed by atoms with Crippen molar-refractivity contribution in [3.63, 3.8) is 0 Å². The number of nitrogens with one attached hydrogen (secondary N) is 3. The Kier molecular flexibility index (Phi) is 8.03. The topological polar surface area (TPSA) is 111 Å². The molecule has 2 aliphatic heterocycles. The Bertz CT molecular complexity index is 1080. The predicted molar refractivity (Wildman–Crippen MR) is 139 cm³/mol. The van der Waals surface area contributed by atoms with E-state index in [2.05, 4.69) is 22.8 Å². The minimum Gasteiger partial charge on any atom is -0.480 e. The molecule has 1 saturated heterocycles. The van der Waals surface area contributed by atoms with Crippen molar-refractivity contribution < 1.29 is 14.6 Å². The number of nitrogens with zero attached hydrogens (tertiary/aromatic N) is 2. The van der Waals surface area contributed by atoms with E-state index < -0.39 is 12.0 Å². The molecule has 0 amide bonds. The van der Waals surface area contributed by atoms with Gasteiger partial charge in [-0.1, -0.05) is 12.1 Å². The highest BCUT2D eigenvalue weighted by Crippen LogP contribution is 2.35. The Hall–Kier alpha value is -2.97. The first-order chi connectivity index (χ1) is 16.9. The summed E-state index contributed by atoms with van der Waals surface area (Å²) in [7, 11) is 1.78. The molecular formula is C27H37N5O3. The number of likely N-dealkylation sites (tertiary alicyclic amines) is 1. The fourth-order valence-corrected chi connectivity index (χ4v) is 5.04. The zero-order valence-corrected chi connectivity index (χ0v) is 21.0. The molecular weight excluding hydrogens is 442 g/mol. The maximum atomic E-state index is 12.3. The van der Waals surface area contributed by atoms with E-state index in [4.69, 9.17) is 15.1 Å². The van der Waals surface area contributed by atoms with Gasteiger partial charge in [0.05, 0.1) is 6.10 Å². The van der Waals surface area contributed by atoms with E-state index in [0.717, 1.165) is 54.9 Å². The van der Waals surface area contributed by atoms with Crippen molar-refractivity contribution >= 4 is 23.2 Å². The highest BCUT2D eigenvalue weighted by atomic mass is 16.5. The van der Waals surface area contributed by atoms with E-state index in [1.165, 1.54) is 12.0 Å². The number of hydrogen-bond donors (Lipinski definition) is 4. The molecule has 35 heavy (non-hydrogen) atoms. The monoisotopic (exact) mass is 479 g/mol. The molecule has 0 spiro atoms. The van der Waals surface area contributed by atoms with Gasteiger partial charge >= 0.3 is 5.97 Å². The molecule has 188 valence electrons. The third kappa shape index (κ3) is 5.82. The second kappa shape index (κ2) is 11.2. The van der Waals surface area contributed by atoms with Crippen molar-refractivity contribution in [2.45, 2.75) is 58.1 Å². The summed E-state index contributed by atoms with van der Waals surface area (Å²) in [6.45, 7) is 6.51. The summed E-state index contributed by atoms with van der Waals surface area (Å²) in [4.78, 5) is 18.9. The fourth-order valence-electron chi connectivity index (χ4n) is 5.04. The van der Waals surface area contributed by atoms with Gasteiger partial charge in [0, 0.05) is 61.5 Å². The smallest absolute Gasteiger partial charge is 0.325 e.